The first-order valence-corrected chi connectivity index (χ1v) is 8.17. The highest BCUT2D eigenvalue weighted by Crippen LogP contribution is 2.24. The lowest BCUT2D eigenvalue weighted by molar-refractivity contribution is 0.586. The van der Waals surface area contributed by atoms with Gasteiger partial charge in [-0.05, 0) is 20.4 Å². The fraction of sp³-hybridized carbons (Fsp3) is 0.538. The maximum atomic E-state index is 4.69. The maximum absolute atomic E-state index is 4.69. The molecule has 1 atom stereocenters. The molecule has 104 valence electrons. The molecule has 19 heavy (non-hydrogen) atoms. The Balaban J connectivity index is 2.01. The van der Waals surface area contributed by atoms with E-state index < -0.39 is 0 Å². The molecule has 2 rings (SSSR count). The minimum Gasteiger partial charge on any atom is -0.345 e. The van der Waals surface area contributed by atoms with Crippen LogP contribution in [0.2, 0.25) is 0 Å². The first-order valence-electron chi connectivity index (χ1n) is 6.41. The summed E-state index contributed by atoms with van der Waals surface area (Å²) in [5.41, 5.74) is 2.23. The van der Waals surface area contributed by atoms with E-state index in [2.05, 4.69) is 51.8 Å². The van der Waals surface area contributed by atoms with Crippen molar-refractivity contribution in [2.45, 2.75) is 33.4 Å². The molecule has 0 aliphatic heterocycles. The van der Waals surface area contributed by atoms with Crippen LogP contribution < -0.4 is 10.2 Å². The van der Waals surface area contributed by atoms with Gasteiger partial charge < -0.3 is 10.2 Å². The number of hydrogen-bond acceptors (Lipinski definition) is 6. The standard InChI is InChI=1S/C13H20N4S2/c1-5-14-9(2)12-8-19-13(16-12)17(4)6-11-7-18-10(3)15-11/h7-9,14H,5-6H2,1-4H3. The second-order valence-electron chi connectivity index (χ2n) is 4.55. The molecule has 1 N–H and O–H groups in total. The zero-order valence-electron chi connectivity index (χ0n) is 11.8. The largest absolute Gasteiger partial charge is 0.345 e. The molecule has 0 saturated heterocycles. The highest BCUT2D eigenvalue weighted by Gasteiger charge is 2.12. The molecule has 0 aliphatic rings. The van der Waals surface area contributed by atoms with Crippen LogP contribution in [0.5, 0.6) is 0 Å². The number of hydrogen-bond donors (Lipinski definition) is 1. The molecule has 0 saturated carbocycles. The van der Waals surface area contributed by atoms with E-state index in [4.69, 9.17) is 0 Å². The third-order valence-corrected chi connectivity index (χ3v) is 4.65. The highest BCUT2D eigenvalue weighted by molar-refractivity contribution is 7.13. The Labute approximate surface area is 122 Å². The second kappa shape index (κ2) is 6.45. The van der Waals surface area contributed by atoms with Crippen LogP contribution in [0.15, 0.2) is 10.8 Å². The Hall–Kier alpha value is -0.980. The molecule has 2 heterocycles. The summed E-state index contributed by atoms with van der Waals surface area (Å²) >= 11 is 3.38. The molecule has 0 amide bonds. The van der Waals surface area contributed by atoms with Crippen LogP contribution in [-0.2, 0) is 6.54 Å². The number of aryl methyl sites for hydroxylation is 1. The predicted molar refractivity (Wildman–Crippen MR) is 83.2 cm³/mol. The van der Waals surface area contributed by atoms with Gasteiger partial charge in [0, 0.05) is 23.8 Å². The van der Waals surface area contributed by atoms with Gasteiger partial charge in [-0.25, -0.2) is 9.97 Å². The average Bonchev–Trinajstić information content (AvgIpc) is 2.98. The number of nitrogens with one attached hydrogen (secondary N) is 1. The number of aromatic nitrogens is 2. The summed E-state index contributed by atoms with van der Waals surface area (Å²) in [6.45, 7) is 8.06. The van der Waals surface area contributed by atoms with Gasteiger partial charge in [-0.1, -0.05) is 6.92 Å². The van der Waals surface area contributed by atoms with Gasteiger partial charge in [-0.15, -0.1) is 22.7 Å². The van der Waals surface area contributed by atoms with Crippen molar-refractivity contribution in [3.8, 4) is 0 Å². The quantitative estimate of drug-likeness (QED) is 0.888. The predicted octanol–water partition coefficient (Wildman–Crippen LogP) is 3.21. The zero-order valence-corrected chi connectivity index (χ0v) is 13.4. The zero-order chi connectivity index (χ0) is 13.8. The van der Waals surface area contributed by atoms with Gasteiger partial charge in [0.1, 0.15) is 0 Å². The van der Waals surface area contributed by atoms with Crippen molar-refractivity contribution in [2.24, 2.45) is 0 Å². The minimum atomic E-state index is 0.310. The summed E-state index contributed by atoms with van der Waals surface area (Å²) in [5, 5.41) is 9.79. The molecule has 2 aromatic rings. The van der Waals surface area contributed by atoms with Gasteiger partial charge in [0.05, 0.1) is 22.9 Å². The molecule has 0 aromatic carbocycles. The van der Waals surface area contributed by atoms with Crippen molar-refractivity contribution in [1.82, 2.24) is 15.3 Å². The molecule has 0 spiro atoms. The molecule has 0 fully saturated rings. The Morgan fingerprint density at radius 3 is 2.74 bits per heavy atom. The number of anilines is 1. The van der Waals surface area contributed by atoms with E-state index in [1.807, 2.05) is 6.92 Å². The van der Waals surface area contributed by atoms with Crippen LogP contribution in [0, 0.1) is 6.92 Å². The molecular weight excluding hydrogens is 276 g/mol. The van der Waals surface area contributed by atoms with E-state index in [9.17, 15) is 0 Å². The molecule has 6 heteroatoms. The maximum Gasteiger partial charge on any atom is 0.185 e. The molecule has 0 radical (unpaired) electrons. The molecule has 4 nitrogen and oxygen atoms in total. The first-order chi connectivity index (χ1) is 9.10. The lowest BCUT2D eigenvalue weighted by atomic mass is 10.3. The number of thiazole rings is 2. The van der Waals surface area contributed by atoms with Gasteiger partial charge in [0.2, 0.25) is 0 Å². The van der Waals surface area contributed by atoms with Crippen molar-refractivity contribution >= 4 is 27.8 Å². The fourth-order valence-corrected chi connectivity index (χ4v) is 3.34. The van der Waals surface area contributed by atoms with Crippen molar-refractivity contribution in [1.29, 1.82) is 0 Å². The van der Waals surface area contributed by atoms with Gasteiger partial charge in [0.25, 0.3) is 0 Å². The van der Waals surface area contributed by atoms with Crippen LogP contribution in [0.1, 0.15) is 36.3 Å². The summed E-state index contributed by atoms with van der Waals surface area (Å²) in [4.78, 5) is 11.3. The number of rotatable bonds is 6. The van der Waals surface area contributed by atoms with E-state index in [1.54, 1.807) is 22.7 Å². The summed E-state index contributed by atoms with van der Waals surface area (Å²) < 4.78 is 0. The lowest BCUT2D eigenvalue weighted by Crippen LogP contribution is -2.19. The monoisotopic (exact) mass is 296 g/mol. The summed E-state index contributed by atoms with van der Waals surface area (Å²) in [6.07, 6.45) is 0. The Morgan fingerprint density at radius 2 is 2.11 bits per heavy atom. The van der Waals surface area contributed by atoms with Crippen LogP contribution in [0.25, 0.3) is 0 Å². The Kier molecular flexibility index (Phi) is 4.90. The minimum absolute atomic E-state index is 0.310. The molecular formula is C13H20N4S2. The summed E-state index contributed by atoms with van der Waals surface area (Å²) in [7, 11) is 2.06. The van der Waals surface area contributed by atoms with Crippen LogP contribution >= 0.6 is 22.7 Å². The van der Waals surface area contributed by atoms with Gasteiger partial charge >= 0.3 is 0 Å². The van der Waals surface area contributed by atoms with Crippen molar-refractivity contribution in [2.75, 3.05) is 18.5 Å². The molecule has 1 unspecified atom stereocenters. The van der Waals surface area contributed by atoms with Crippen LogP contribution in [0.3, 0.4) is 0 Å². The molecule has 0 aliphatic carbocycles. The second-order valence-corrected chi connectivity index (χ2v) is 6.45. The highest BCUT2D eigenvalue weighted by atomic mass is 32.1. The van der Waals surface area contributed by atoms with Gasteiger partial charge in [-0.2, -0.15) is 0 Å². The first kappa shape index (κ1) is 14.4. The van der Waals surface area contributed by atoms with Crippen molar-refractivity contribution < 1.29 is 0 Å². The SMILES string of the molecule is CCNC(C)c1csc(N(C)Cc2csc(C)n2)n1. The van der Waals surface area contributed by atoms with E-state index >= 15 is 0 Å². The van der Waals surface area contributed by atoms with E-state index in [0.717, 1.165) is 34.6 Å². The Bertz CT molecular complexity index is 520. The van der Waals surface area contributed by atoms with E-state index in [0.29, 0.717) is 6.04 Å². The number of nitrogens with zero attached hydrogens (tertiary/aromatic N) is 3. The summed E-state index contributed by atoms with van der Waals surface area (Å²) in [6, 6.07) is 0.310. The Morgan fingerprint density at radius 1 is 1.32 bits per heavy atom. The normalized spacial score (nSPS) is 12.6. The van der Waals surface area contributed by atoms with Gasteiger partial charge in [0.15, 0.2) is 5.13 Å². The third-order valence-electron chi connectivity index (χ3n) is 2.86. The molecule has 2 aromatic heterocycles. The topological polar surface area (TPSA) is 41.0 Å². The lowest BCUT2D eigenvalue weighted by Gasteiger charge is -2.14. The smallest absolute Gasteiger partial charge is 0.185 e. The van der Waals surface area contributed by atoms with Crippen LogP contribution in [-0.4, -0.2) is 23.6 Å². The molecule has 0 bridgehead atoms. The average molecular weight is 296 g/mol. The van der Waals surface area contributed by atoms with Crippen molar-refractivity contribution in [3.05, 3.63) is 27.2 Å². The summed E-state index contributed by atoms with van der Waals surface area (Å²) in [5.74, 6) is 0. The van der Waals surface area contributed by atoms with Crippen molar-refractivity contribution in [3.63, 3.8) is 0 Å². The fourth-order valence-electron chi connectivity index (χ4n) is 1.85. The third kappa shape index (κ3) is 3.75. The van der Waals surface area contributed by atoms with Gasteiger partial charge in [-0.3, -0.25) is 0 Å². The van der Waals surface area contributed by atoms with Crippen LogP contribution in [0.4, 0.5) is 5.13 Å². The van der Waals surface area contributed by atoms with E-state index in [-0.39, 0.29) is 0 Å². The van der Waals surface area contributed by atoms with E-state index in [1.165, 1.54) is 0 Å².